The molecular formula is C44H72O14P2. The molecule has 14 nitrogen and oxygen atoms in total. The van der Waals surface area contributed by atoms with E-state index in [1.54, 1.807) is 6.08 Å². The first-order valence-electron chi connectivity index (χ1n) is 21.0. The lowest BCUT2D eigenvalue weighted by molar-refractivity contribution is -0.161. The SMILES string of the molecule is CCCCC/C=C\C/C=C\C/C=C\CCCCC(=O)O[C@H](COC(=O)CCC/C=C\C/C=C\C/C=C\C/C=C\C=C\[C@@H](O)CC)COP(=O)(O)OC[C@@H](O)COP(=O)(O)O. The molecule has 0 amide bonds. The lowest BCUT2D eigenvalue weighted by atomic mass is 10.1. The van der Waals surface area contributed by atoms with Gasteiger partial charge >= 0.3 is 27.6 Å². The number of carbonyl (C=O) groups is 2. The maximum absolute atomic E-state index is 12.6. The average molecular weight is 887 g/mol. The third kappa shape index (κ3) is 41.7. The molecule has 0 aliphatic rings. The van der Waals surface area contributed by atoms with E-state index in [1.165, 1.54) is 19.3 Å². The van der Waals surface area contributed by atoms with Crippen LogP contribution >= 0.6 is 15.6 Å². The zero-order valence-corrected chi connectivity index (χ0v) is 37.4. The molecule has 0 rings (SSSR count). The number of allylic oxidation sites excluding steroid dienone is 15. The van der Waals surface area contributed by atoms with Gasteiger partial charge in [0.1, 0.15) is 12.7 Å². The molecule has 5 N–H and O–H groups in total. The largest absolute Gasteiger partial charge is 0.472 e. The number of esters is 2. The summed E-state index contributed by atoms with van der Waals surface area (Å²) in [6, 6.07) is 0. The third-order valence-corrected chi connectivity index (χ3v) is 9.54. The van der Waals surface area contributed by atoms with E-state index in [4.69, 9.17) is 23.8 Å². The number of ether oxygens (including phenoxy) is 2. The Hall–Kier alpha value is -3.00. The molecule has 0 aliphatic heterocycles. The third-order valence-electron chi connectivity index (χ3n) is 8.10. The summed E-state index contributed by atoms with van der Waals surface area (Å²) in [6.45, 7) is 1.25. The average Bonchev–Trinajstić information content (AvgIpc) is 3.21. The van der Waals surface area contributed by atoms with Crippen LogP contribution < -0.4 is 0 Å². The predicted octanol–water partition coefficient (Wildman–Crippen LogP) is 9.53. The summed E-state index contributed by atoms with van der Waals surface area (Å²) in [5.41, 5.74) is 0. The van der Waals surface area contributed by atoms with Crippen LogP contribution in [0, 0.1) is 0 Å². The van der Waals surface area contributed by atoms with Gasteiger partial charge in [0.25, 0.3) is 0 Å². The molecule has 0 radical (unpaired) electrons. The summed E-state index contributed by atoms with van der Waals surface area (Å²) in [5.74, 6) is -1.17. The van der Waals surface area contributed by atoms with Gasteiger partial charge in [-0.1, -0.05) is 124 Å². The Morgan fingerprint density at radius 2 is 1.03 bits per heavy atom. The molecule has 0 heterocycles. The van der Waals surface area contributed by atoms with Crippen molar-refractivity contribution in [2.45, 2.75) is 141 Å². The summed E-state index contributed by atoms with van der Waals surface area (Å²) in [4.78, 5) is 52.6. The minimum Gasteiger partial charge on any atom is -0.462 e. The van der Waals surface area contributed by atoms with Crippen LogP contribution in [0.25, 0.3) is 0 Å². The molecule has 0 fully saturated rings. The second kappa shape index (κ2) is 38.9. The molecule has 0 bridgehead atoms. The standard InChI is InChI=1S/C44H72O14P2/c1-3-5-6-7-8-9-10-11-12-17-20-23-26-29-32-35-44(48)58-42(39-57-60(52,53)56-37-41(46)36-55-59(49,50)51)38-54-43(47)34-31-28-25-22-19-16-14-13-15-18-21-24-27-30-33-40(45)4-2/h8-9,11-12,14-16,18,20,22-25,27,30,33,40-42,45-46H,3-7,10,13,17,19,21,26,28-29,31-32,34-39H2,1-2H3,(H,52,53)(H2,49,50,51)/b9-8-,12-11-,16-14-,18-15-,23-20-,25-22-,27-24-,33-30+/t40-,41-,42+/m0/s1. The van der Waals surface area contributed by atoms with Gasteiger partial charge in [0.05, 0.1) is 25.9 Å². The molecule has 0 spiro atoms. The smallest absolute Gasteiger partial charge is 0.462 e. The van der Waals surface area contributed by atoms with Crippen LogP contribution in [0.4, 0.5) is 0 Å². The fourth-order valence-electron chi connectivity index (χ4n) is 4.75. The van der Waals surface area contributed by atoms with Crippen molar-refractivity contribution in [3.63, 3.8) is 0 Å². The lowest BCUT2D eigenvalue weighted by Gasteiger charge is -2.20. The topological polar surface area (TPSA) is 216 Å². The number of phosphoric ester groups is 2. The molecule has 4 atom stereocenters. The fraction of sp³-hybridized carbons (Fsp3) is 0.591. The summed E-state index contributed by atoms with van der Waals surface area (Å²) < 4.78 is 47.6. The Bertz CT molecular complexity index is 1440. The monoisotopic (exact) mass is 886 g/mol. The second-order valence-corrected chi connectivity index (χ2v) is 16.4. The van der Waals surface area contributed by atoms with Crippen molar-refractivity contribution in [2.24, 2.45) is 0 Å². The van der Waals surface area contributed by atoms with E-state index >= 15 is 0 Å². The minimum absolute atomic E-state index is 0.0575. The predicted molar refractivity (Wildman–Crippen MR) is 236 cm³/mol. The first-order chi connectivity index (χ1) is 28.8. The van der Waals surface area contributed by atoms with Crippen LogP contribution in [0.2, 0.25) is 0 Å². The van der Waals surface area contributed by atoms with Crippen LogP contribution in [0.15, 0.2) is 97.2 Å². The molecule has 60 heavy (non-hydrogen) atoms. The van der Waals surface area contributed by atoms with Gasteiger partial charge in [-0.05, 0) is 83.5 Å². The normalized spacial score (nSPS) is 15.5. The number of hydrogen-bond donors (Lipinski definition) is 5. The zero-order valence-electron chi connectivity index (χ0n) is 35.6. The van der Waals surface area contributed by atoms with Crippen LogP contribution in [-0.2, 0) is 41.8 Å². The van der Waals surface area contributed by atoms with E-state index in [0.29, 0.717) is 25.7 Å². The quantitative estimate of drug-likeness (QED) is 0.0128. The summed E-state index contributed by atoms with van der Waals surface area (Å²) >= 11 is 0. The van der Waals surface area contributed by atoms with Gasteiger partial charge in [-0.3, -0.25) is 23.2 Å². The maximum atomic E-state index is 12.6. The fourth-order valence-corrected chi connectivity index (χ4v) is 5.91. The number of phosphoric acid groups is 2. The molecular weight excluding hydrogens is 814 g/mol. The van der Waals surface area contributed by atoms with Crippen LogP contribution in [0.1, 0.15) is 123 Å². The molecule has 0 aromatic heterocycles. The molecule has 0 aliphatic carbocycles. The van der Waals surface area contributed by atoms with E-state index in [0.717, 1.165) is 51.4 Å². The molecule has 0 saturated carbocycles. The van der Waals surface area contributed by atoms with Gasteiger partial charge in [0.15, 0.2) is 6.10 Å². The van der Waals surface area contributed by atoms with Crippen molar-refractivity contribution in [1.29, 1.82) is 0 Å². The highest BCUT2D eigenvalue weighted by atomic mass is 31.2. The number of unbranched alkanes of at least 4 members (excludes halogenated alkanes) is 6. The molecule has 0 aromatic rings. The Kier molecular flexibility index (Phi) is 36.9. The number of aliphatic hydroxyl groups excluding tert-OH is 2. The highest BCUT2D eigenvalue weighted by molar-refractivity contribution is 7.47. The number of rotatable bonds is 38. The van der Waals surface area contributed by atoms with E-state index in [-0.39, 0.29) is 12.8 Å². The Morgan fingerprint density at radius 1 is 0.550 bits per heavy atom. The molecule has 0 aromatic carbocycles. The van der Waals surface area contributed by atoms with E-state index in [2.05, 4.69) is 76.7 Å². The van der Waals surface area contributed by atoms with Gasteiger partial charge in [-0.15, -0.1) is 0 Å². The minimum atomic E-state index is -4.88. The van der Waals surface area contributed by atoms with Gasteiger partial charge < -0.3 is 34.4 Å². The Morgan fingerprint density at radius 3 is 1.58 bits per heavy atom. The van der Waals surface area contributed by atoms with E-state index in [1.807, 2.05) is 37.3 Å². The van der Waals surface area contributed by atoms with Crippen LogP contribution in [-0.4, -0.2) is 81.6 Å². The highest BCUT2D eigenvalue weighted by Crippen LogP contribution is 2.43. The number of carbonyl (C=O) groups excluding carboxylic acids is 2. The molecule has 1 unspecified atom stereocenters. The molecule has 342 valence electrons. The lowest BCUT2D eigenvalue weighted by Crippen LogP contribution is -2.29. The maximum Gasteiger partial charge on any atom is 0.472 e. The van der Waals surface area contributed by atoms with Crippen molar-refractivity contribution in [3.8, 4) is 0 Å². The number of hydrogen-bond acceptors (Lipinski definition) is 11. The van der Waals surface area contributed by atoms with Crippen LogP contribution in [0.3, 0.4) is 0 Å². The first-order valence-corrected chi connectivity index (χ1v) is 24.1. The van der Waals surface area contributed by atoms with Crippen LogP contribution in [0.5, 0.6) is 0 Å². The van der Waals surface area contributed by atoms with Gasteiger partial charge in [-0.2, -0.15) is 0 Å². The summed E-state index contributed by atoms with van der Waals surface area (Å²) in [7, 11) is -9.72. The molecule has 16 heteroatoms. The zero-order chi connectivity index (χ0) is 44.6. The summed E-state index contributed by atoms with van der Waals surface area (Å²) in [5, 5.41) is 19.2. The number of aliphatic hydroxyl groups is 2. The highest BCUT2D eigenvalue weighted by Gasteiger charge is 2.28. The van der Waals surface area contributed by atoms with Crippen molar-refractivity contribution < 1.29 is 66.7 Å². The molecule has 0 saturated heterocycles. The van der Waals surface area contributed by atoms with Gasteiger partial charge in [-0.25, -0.2) is 9.13 Å². The first kappa shape index (κ1) is 57.0. The van der Waals surface area contributed by atoms with Crippen molar-refractivity contribution in [3.05, 3.63) is 97.2 Å². The van der Waals surface area contributed by atoms with Gasteiger partial charge in [0.2, 0.25) is 0 Å². The summed E-state index contributed by atoms with van der Waals surface area (Å²) in [6.07, 6.45) is 42.2. The van der Waals surface area contributed by atoms with E-state index < -0.39 is 72.3 Å². The van der Waals surface area contributed by atoms with Crippen molar-refractivity contribution in [1.82, 2.24) is 0 Å². The second-order valence-electron chi connectivity index (χ2n) is 13.7. The van der Waals surface area contributed by atoms with Gasteiger partial charge in [0, 0.05) is 12.8 Å². The van der Waals surface area contributed by atoms with E-state index in [9.17, 15) is 33.8 Å². The van der Waals surface area contributed by atoms with Crippen molar-refractivity contribution >= 4 is 27.6 Å². The Labute approximate surface area is 358 Å². The van der Waals surface area contributed by atoms with Crippen molar-refractivity contribution in [2.75, 3.05) is 26.4 Å². The Balaban J connectivity index is 4.73.